The second kappa shape index (κ2) is 6.83. The Morgan fingerprint density at radius 3 is 2.62 bits per heavy atom. The lowest BCUT2D eigenvalue weighted by Gasteiger charge is -2.12. The highest BCUT2D eigenvalue weighted by atomic mass is 16.2. The average Bonchev–Trinajstić information content (AvgIpc) is 2.90. The van der Waals surface area contributed by atoms with Crippen molar-refractivity contribution in [2.24, 2.45) is 0 Å². The molecular formula is C16H20N4O. The van der Waals surface area contributed by atoms with Crippen molar-refractivity contribution in [3.63, 3.8) is 0 Å². The van der Waals surface area contributed by atoms with Crippen LogP contribution in [0.5, 0.6) is 0 Å². The van der Waals surface area contributed by atoms with Crippen LogP contribution in [0.4, 0.5) is 0 Å². The lowest BCUT2D eigenvalue weighted by molar-refractivity contribution is -0.125. The number of hydrogen-bond acceptors (Lipinski definition) is 3. The van der Waals surface area contributed by atoms with E-state index >= 15 is 0 Å². The van der Waals surface area contributed by atoms with Crippen molar-refractivity contribution in [2.45, 2.75) is 26.8 Å². The van der Waals surface area contributed by atoms with Gasteiger partial charge in [0.1, 0.15) is 5.82 Å². The Balaban J connectivity index is 1.94. The quantitative estimate of drug-likeness (QED) is 0.857. The first-order valence-electron chi connectivity index (χ1n) is 6.98. The van der Waals surface area contributed by atoms with Crippen LogP contribution in [0.1, 0.15) is 29.7 Å². The Hall–Kier alpha value is -2.43. The molecule has 2 rings (SSSR count). The third-order valence-corrected chi connectivity index (χ3v) is 3.20. The number of nitrogens with one attached hydrogen (secondary N) is 1. The minimum absolute atomic E-state index is 0.0722. The fourth-order valence-corrected chi connectivity index (χ4v) is 1.91. The van der Waals surface area contributed by atoms with Crippen LogP contribution in [0, 0.1) is 6.92 Å². The smallest absolute Gasteiger partial charge is 0.246 e. The summed E-state index contributed by atoms with van der Waals surface area (Å²) in [5.41, 5.74) is 2.30. The van der Waals surface area contributed by atoms with Gasteiger partial charge in [-0.3, -0.25) is 9.89 Å². The summed E-state index contributed by atoms with van der Waals surface area (Å²) in [4.78, 5) is 17.8. The Morgan fingerprint density at radius 1 is 1.33 bits per heavy atom. The summed E-state index contributed by atoms with van der Waals surface area (Å²) in [7, 11) is 1.73. The molecule has 0 radical (unpaired) electrons. The van der Waals surface area contributed by atoms with Crippen LogP contribution < -0.4 is 0 Å². The number of aryl methyl sites for hydroxylation is 2. The van der Waals surface area contributed by atoms with Gasteiger partial charge in [-0.25, -0.2) is 4.98 Å². The number of H-pyrrole nitrogens is 1. The second-order valence-corrected chi connectivity index (χ2v) is 4.96. The molecule has 0 unspecified atom stereocenters. The van der Waals surface area contributed by atoms with E-state index in [4.69, 9.17) is 0 Å². The maximum absolute atomic E-state index is 12.0. The van der Waals surface area contributed by atoms with Crippen molar-refractivity contribution in [3.8, 4) is 0 Å². The van der Waals surface area contributed by atoms with Crippen LogP contribution in [-0.2, 0) is 17.8 Å². The Kier molecular flexibility index (Phi) is 4.87. The first-order chi connectivity index (χ1) is 10.1. The number of hydrogen-bond donors (Lipinski definition) is 1. The Labute approximate surface area is 124 Å². The number of carbonyl (C=O) groups excluding carboxylic acids is 1. The van der Waals surface area contributed by atoms with Gasteiger partial charge in [-0.1, -0.05) is 31.2 Å². The molecule has 1 N–H and O–H groups in total. The predicted molar refractivity (Wildman–Crippen MR) is 82.4 cm³/mol. The lowest BCUT2D eigenvalue weighted by atomic mass is 10.1. The molecule has 0 spiro atoms. The van der Waals surface area contributed by atoms with Gasteiger partial charge >= 0.3 is 0 Å². The first-order valence-corrected chi connectivity index (χ1v) is 6.98. The number of likely N-dealkylation sites (N-methyl/N-ethyl adjacent to an activating group) is 1. The van der Waals surface area contributed by atoms with E-state index in [0.717, 1.165) is 17.8 Å². The Bertz CT molecular complexity index is 628. The van der Waals surface area contributed by atoms with Crippen LogP contribution in [-0.4, -0.2) is 33.0 Å². The molecule has 0 fully saturated rings. The normalized spacial score (nSPS) is 11.0. The molecular weight excluding hydrogens is 264 g/mol. The zero-order valence-electron chi connectivity index (χ0n) is 12.6. The summed E-state index contributed by atoms with van der Waals surface area (Å²) in [6, 6.07) is 8.18. The van der Waals surface area contributed by atoms with E-state index in [1.807, 2.05) is 25.1 Å². The molecule has 1 aromatic carbocycles. The van der Waals surface area contributed by atoms with E-state index < -0.39 is 0 Å². The molecule has 1 aromatic heterocycles. The zero-order chi connectivity index (χ0) is 15.2. The fraction of sp³-hybridized carbons (Fsp3) is 0.312. The average molecular weight is 284 g/mol. The number of amides is 1. The summed E-state index contributed by atoms with van der Waals surface area (Å²) in [5.74, 6) is 1.29. The second-order valence-electron chi connectivity index (χ2n) is 4.96. The van der Waals surface area contributed by atoms with Crippen molar-refractivity contribution < 1.29 is 4.79 Å². The molecule has 0 atom stereocenters. The zero-order valence-corrected chi connectivity index (χ0v) is 12.6. The highest BCUT2D eigenvalue weighted by Gasteiger charge is 2.08. The van der Waals surface area contributed by atoms with E-state index in [-0.39, 0.29) is 5.91 Å². The molecule has 5 heteroatoms. The van der Waals surface area contributed by atoms with Gasteiger partial charge in [-0.2, -0.15) is 5.10 Å². The topological polar surface area (TPSA) is 61.9 Å². The number of carbonyl (C=O) groups is 1. The number of nitrogens with zero attached hydrogens (tertiary/aromatic N) is 3. The molecule has 21 heavy (non-hydrogen) atoms. The van der Waals surface area contributed by atoms with Gasteiger partial charge in [0.05, 0.1) is 6.54 Å². The fourth-order valence-electron chi connectivity index (χ4n) is 1.91. The van der Waals surface area contributed by atoms with Crippen molar-refractivity contribution in [3.05, 3.63) is 53.1 Å². The van der Waals surface area contributed by atoms with Crippen LogP contribution in [0.25, 0.3) is 6.08 Å². The Morgan fingerprint density at radius 2 is 2.05 bits per heavy atom. The van der Waals surface area contributed by atoms with Crippen LogP contribution >= 0.6 is 0 Å². The van der Waals surface area contributed by atoms with E-state index in [2.05, 4.69) is 34.2 Å². The lowest BCUT2D eigenvalue weighted by Crippen LogP contribution is -2.24. The van der Waals surface area contributed by atoms with Gasteiger partial charge in [-0.15, -0.1) is 0 Å². The minimum atomic E-state index is -0.0722. The molecule has 0 bridgehead atoms. The molecule has 1 heterocycles. The maximum Gasteiger partial charge on any atom is 0.246 e. The van der Waals surface area contributed by atoms with Crippen molar-refractivity contribution >= 4 is 12.0 Å². The summed E-state index contributed by atoms with van der Waals surface area (Å²) in [6.45, 7) is 4.34. The first kappa shape index (κ1) is 15.0. The standard InChI is InChI=1S/C16H20N4O/c1-4-13-5-7-14(8-6-13)9-10-16(21)20(3)11-15-17-12(2)18-19-15/h5-10H,4,11H2,1-3H3,(H,17,18,19). The van der Waals surface area contributed by atoms with Crippen LogP contribution in [0.15, 0.2) is 30.3 Å². The van der Waals surface area contributed by atoms with Gasteiger partial charge in [0.25, 0.3) is 0 Å². The molecule has 0 aliphatic heterocycles. The SMILES string of the molecule is CCc1ccc(C=CC(=O)N(C)Cc2n[nH]c(C)n2)cc1. The number of aromatic amines is 1. The van der Waals surface area contributed by atoms with Gasteiger partial charge in [0.2, 0.25) is 5.91 Å². The van der Waals surface area contributed by atoms with Crippen molar-refractivity contribution in [1.29, 1.82) is 0 Å². The van der Waals surface area contributed by atoms with Crippen LogP contribution in [0.3, 0.4) is 0 Å². The summed E-state index contributed by atoms with van der Waals surface area (Å²) in [6.07, 6.45) is 4.41. The number of aromatic nitrogens is 3. The summed E-state index contributed by atoms with van der Waals surface area (Å²) >= 11 is 0. The molecule has 1 amide bonds. The molecule has 5 nitrogen and oxygen atoms in total. The minimum Gasteiger partial charge on any atom is -0.335 e. The highest BCUT2D eigenvalue weighted by molar-refractivity contribution is 5.91. The van der Waals surface area contributed by atoms with E-state index in [9.17, 15) is 4.79 Å². The molecule has 2 aromatic rings. The van der Waals surface area contributed by atoms with Crippen molar-refractivity contribution in [1.82, 2.24) is 20.1 Å². The molecule has 0 aliphatic rings. The molecule has 0 saturated carbocycles. The van der Waals surface area contributed by atoms with E-state index in [1.165, 1.54) is 5.56 Å². The third-order valence-electron chi connectivity index (χ3n) is 3.20. The molecule has 0 aliphatic carbocycles. The number of benzene rings is 1. The van der Waals surface area contributed by atoms with Crippen LogP contribution in [0.2, 0.25) is 0 Å². The maximum atomic E-state index is 12.0. The largest absolute Gasteiger partial charge is 0.335 e. The van der Waals surface area contributed by atoms with E-state index in [1.54, 1.807) is 18.0 Å². The van der Waals surface area contributed by atoms with Gasteiger partial charge in [0.15, 0.2) is 5.82 Å². The van der Waals surface area contributed by atoms with Gasteiger partial charge in [0, 0.05) is 13.1 Å². The highest BCUT2D eigenvalue weighted by Crippen LogP contribution is 2.07. The van der Waals surface area contributed by atoms with Crippen molar-refractivity contribution in [2.75, 3.05) is 7.05 Å². The molecule has 0 saturated heterocycles. The third kappa shape index (κ3) is 4.27. The van der Waals surface area contributed by atoms with Gasteiger partial charge in [-0.05, 0) is 30.5 Å². The summed E-state index contributed by atoms with van der Waals surface area (Å²) in [5, 5.41) is 6.79. The monoisotopic (exact) mass is 284 g/mol. The predicted octanol–water partition coefficient (Wildman–Crippen LogP) is 2.35. The molecule has 110 valence electrons. The summed E-state index contributed by atoms with van der Waals surface area (Å²) < 4.78 is 0. The number of rotatable bonds is 5. The van der Waals surface area contributed by atoms with E-state index in [0.29, 0.717) is 12.4 Å². The van der Waals surface area contributed by atoms with Gasteiger partial charge < -0.3 is 4.90 Å².